The quantitative estimate of drug-likeness (QED) is 0.831. The van der Waals surface area contributed by atoms with Gasteiger partial charge < -0.3 is 4.74 Å². The summed E-state index contributed by atoms with van der Waals surface area (Å²) < 4.78 is 56.8. The molecule has 0 amide bonds. The molecule has 2 aromatic rings. The first-order valence-corrected chi connectivity index (χ1v) is 9.16. The first-order chi connectivity index (χ1) is 11.5. The number of sulfonamides is 1. The van der Waals surface area contributed by atoms with Gasteiger partial charge in [0.15, 0.2) is 0 Å². The van der Waals surface area contributed by atoms with Gasteiger partial charge in [0.1, 0.15) is 5.75 Å². The summed E-state index contributed by atoms with van der Waals surface area (Å²) in [4.78, 5) is 0.0463. The topological polar surface area (TPSA) is 55.4 Å². The lowest BCUT2D eigenvalue weighted by Gasteiger charge is -2.19. The van der Waals surface area contributed by atoms with Crippen molar-refractivity contribution in [3.05, 3.63) is 53.6 Å². The molecule has 4 nitrogen and oxygen atoms in total. The smallest absolute Gasteiger partial charge is 0.387 e. The lowest BCUT2D eigenvalue weighted by atomic mass is 9.87. The molecule has 1 N–H and O–H groups in total. The zero-order valence-electron chi connectivity index (χ0n) is 14.5. The van der Waals surface area contributed by atoms with Gasteiger partial charge in [-0.25, -0.2) is 8.42 Å². The van der Waals surface area contributed by atoms with Crippen LogP contribution in [0.2, 0.25) is 0 Å². The molecule has 0 aliphatic rings. The molecule has 0 unspecified atom stereocenters. The van der Waals surface area contributed by atoms with Crippen molar-refractivity contribution in [2.24, 2.45) is 0 Å². The lowest BCUT2D eigenvalue weighted by molar-refractivity contribution is -0.0493. The number of nitrogens with one attached hydrogen (secondary N) is 1. The van der Waals surface area contributed by atoms with Crippen LogP contribution < -0.4 is 9.46 Å². The SMILES string of the molecule is Cc1ccc(OC(F)F)c(NS(=O)(=O)c2ccc(C(C)(C)C)cc2)c1. The second-order valence-electron chi connectivity index (χ2n) is 6.76. The van der Waals surface area contributed by atoms with E-state index in [1.165, 1.54) is 24.3 Å². The molecule has 2 aromatic carbocycles. The number of hydrogen-bond donors (Lipinski definition) is 1. The number of benzene rings is 2. The summed E-state index contributed by atoms with van der Waals surface area (Å²) in [5.74, 6) is -0.226. The standard InChI is InChI=1S/C18H21F2NO3S/c1-12-5-10-16(24-17(19)20)15(11-12)21-25(22,23)14-8-6-13(7-9-14)18(2,3)4/h5-11,17,21H,1-4H3. The maximum atomic E-state index is 12.6. The summed E-state index contributed by atoms with van der Waals surface area (Å²) >= 11 is 0. The van der Waals surface area contributed by atoms with Gasteiger partial charge in [-0.05, 0) is 47.7 Å². The molecule has 0 bridgehead atoms. The minimum Gasteiger partial charge on any atom is -0.433 e. The molecule has 2 rings (SSSR count). The third kappa shape index (κ3) is 4.92. The highest BCUT2D eigenvalue weighted by atomic mass is 32.2. The lowest BCUT2D eigenvalue weighted by Crippen LogP contribution is -2.16. The maximum absolute atomic E-state index is 12.6. The van der Waals surface area contributed by atoms with Crippen LogP contribution in [0.5, 0.6) is 5.75 Å². The largest absolute Gasteiger partial charge is 0.433 e. The van der Waals surface area contributed by atoms with Crippen molar-refractivity contribution in [2.75, 3.05) is 4.72 Å². The Kier molecular flexibility index (Phi) is 5.37. The Bertz CT molecular complexity index is 842. The Balaban J connectivity index is 2.34. The summed E-state index contributed by atoms with van der Waals surface area (Å²) in [6.45, 7) is 4.75. The molecule has 0 fully saturated rings. The molecule has 0 saturated carbocycles. The van der Waals surface area contributed by atoms with Crippen LogP contribution in [0.3, 0.4) is 0 Å². The van der Waals surface area contributed by atoms with Crippen LogP contribution in [0.25, 0.3) is 0 Å². The van der Waals surface area contributed by atoms with Gasteiger partial charge in [-0.2, -0.15) is 8.78 Å². The van der Waals surface area contributed by atoms with E-state index in [0.29, 0.717) is 5.56 Å². The molecule has 0 aliphatic carbocycles. The highest BCUT2D eigenvalue weighted by Crippen LogP contribution is 2.30. The normalized spacial score (nSPS) is 12.3. The second kappa shape index (κ2) is 7.00. The Morgan fingerprint density at radius 3 is 2.16 bits per heavy atom. The van der Waals surface area contributed by atoms with E-state index >= 15 is 0 Å². The van der Waals surface area contributed by atoms with Crippen molar-refractivity contribution in [1.29, 1.82) is 0 Å². The van der Waals surface area contributed by atoms with Crippen molar-refractivity contribution in [3.8, 4) is 5.75 Å². The van der Waals surface area contributed by atoms with Crippen LogP contribution in [0.1, 0.15) is 31.9 Å². The van der Waals surface area contributed by atoms with Crippen LogP contribution in [0, 0.1) is 6.92 Å². The van der Waals surface area contributed by atoms with Crippen molar-refractivity contribution in [1.82, 2.24) is 0 Å². The van der Waals surface area contributed by atoms with Gasteiger partial charge in [0.2, 0.25) is 0 Å². The summed E-state index contributed by atoms with van der Waals surface area (Å²) in [6, 6.07) is 10.8. The minimum absolute atomic E-state index is 0.0276. The third-order valence-corrected chi connectivity index (χ3v) is 5.01. The third-order valence-electron chi connectivity index (χ3n) is 3.63. The predicted octanol–water partition coefficient (Wildman–Crippen LogP) is 4.69. The fourth-order valence-corrected chi connectivity index (χ4v) is 3.32. The van der Waals surface area contributed by atoms with E-state index in [4.69, 9.17) is 0 Å². The van der Waals surface area contributed by atoms with E-state index in [-0.39, 0.29) is 21.7 Å². The highest BCUT2D eigenvalue weighted by molar-refractivity contribution is 7.92. The zero-order chi connectivity index (χ0) is 18.8. The zero-order valence-corrected chi connectivity index (χ0v) is 15.3. The van der Waals surface area contributed by atoms with Gasteiger partial charge in [-0.15, -0.1) is 0 Å². The summed E-state index contributed by atoms with van der Waals surface area (Å²) in [5.41, 5.74) is 1.57. The van der Waals surface area contributed by atoms with Crippen LogP contribution >= 0.6 is 0 Å². The molecule has 0 radical (unpaired) electrons. The fourth-order valence-electron chi connectivity index (χ4n) is 2.26. The second-order valence-corrected chi connectivity index (χ2v) is 8.44. The van der Waals surface area contributed by atoms with E-state index in [1.807, 2.05) is 20.8 Å². The number of rotatable bonds is 5. The number of alkyl halides is 2. The summed E-state index contributed by atoms with van der Waals surface area (Å²) in [7, 11) is -3.93. The number of ether oxygens (including phenoxy) is 1. The molecular formula is C18H21F2NO3S. The van der Waals surface area contributed by atoms with Crippen LogP contribution in [0.4, 0.5) is 14.5 Å². The number of hydrogen-bond acceptors (Lipinski definition) is 3. The van der Waals surface area contributed by atoms with Crippen molar-refractivity contribution >= 4 is 15.7 Å². The molecule has 0 spiro atoms. The van der Waals surface area contributed by atoms with Gasteiger partial charge in [0.05, 0.1) is 10.6 Å². The number of anilines is 1. The molecule has 0 aliphatic heterocycles. The molecule has 7 heteroatoms. The number of halogens is 2. The molecule has 136 valence electrons. The van der Waals surface area contributed by atoms with Gasteiger partial charge >= 0.3 is 6.61 Å². The monoisotopic (exact) mass is 369 g/mol. The fraction of sp³-hybridized carbons (Fsp3) is 0.333. The molecule has 0 atom stereocenters. The molecule has 0 heterocycles. The van der Waals surface area contributed by atoms with Crippen LogP contribution in [0.15, 0.2) is 47.4 Å². The van der Waals surface area contributed by atoms with Crippen molar-refractivity contribution in [2.45, 2.75) is 44.6 Å². The van der Waals surface area contributed by atoms with Crippen molar-refractivity contribution < 1.29 is 21.9 Å². The van der Waals surface area contributed by atoms with Gasteiger partial charge in [0, 0.05) is 0 Å². The Morgan fingerprint density at radius 2 is 1.64 bits per heavy atom. The average Bonchev–Trinajstić information content (AvgIpc) is 2.48. The summed E-state index contributed by atoms with van der Waals surface area (Å²) in [5, 5.41) is 0. The predicted molar refractivity (Wildman–Crippen MR) is 93.8 cm³/mol. The minimum atomic E-state index is -3.93. The van der Waals surface area contributed by atoms with E-state index < -0.39 is 16.6 Å². The van der Waals surface area contributed by atoms with Crippen LogP contribution in [-0.4, -0.2) is 15.0 Å². The summed E-state index contributed by atoms with van der Waals surface area (Å²) in [6.07, 6.45) is 0. The molecule has 25 heavy (non-hydrogen) atoms. The van der Waals surface area contributed by atoms with Crippen LogP contribution in [-0.2, 0) is 15.4 Å². The van der Waals surface area contributed by atoms with Gasteiger partial charge in [0.25, 0.3) is 10.0 Å². The van der Waals surface area contributed by atoms with E-state index in [1.54, 1.807) is 25.1 Å². The Labute approximate surface area is 146 Å². The highest BCUT2D eigenvalue weighted by Gasteiger charge is 2.20. The molecule has 0 aromatic heterocycles. The van der Waals surface area contributed by atoms with Gasteiger partial charge in [-0.3, -0.25) is 4.72 Å². The van der Waals surface area contributed by atoms with E-state index in [2.05, 4.69) is 9.46 Å². The molecular weight excluding hydrogens is 348 g/mol. The first-order valence-electron chi connectivity index (χ1n) is 7.68. The Morgan fingerprint density at radius 1 is 1.04 bits per heavy atom. The number of aryl methyl sites for hydroxylation is 1. The van der Waals surface area contributed by atoms with Crippen molar-refractivity contribution in [3.63, 3.8) is 0 Å². The Hall–Kier alpha value is -2.15. The van der Waals surface area contributed by atoms with E-state index in [9.17, 15) is 17.2 Å². The average molecular weight is 369 g/mol. The molecule has 0 saturated heterocycles. The van der Waals surface area contributed by atoms with E-state index in [0.717, 1.165) is 5.56 Å². The maximum Gasteiger partial charge on any atom is 0.387 e. The first kappa shape index (κ1) is 19.2. The van der Waals surface area contributed by atoms with Gasteiger partial charge in [-0.1, -0.05) is 39.0 Å².